The Kier molecular flexibility index (Phi) is 9.59. The van der Waals surface area contributed by atoms with Gasteiger partial charge in [-0.05, 0) is 54.1 Å². The van der Waals surface area contributed by atoms with Crippen LogP contribution in [0.4, 0.5) is 0 Å². The van der Waals surface area contributed by atoms with Crippen molar-refractivity contribution in [2.24, 2.45) is 0 Å². The average Bonchev–Trinajstić information content (AvgIpc) is 3.68. The van der Waals surface area contributed by atoms with Crippen molar-refractivity contribution < 1.29 is 79.0 Å². The molecule has 0 aliphatic heterocycles. The molecule has 11 nitrogen and oxygen atoms in total. The molecule has 0 spiro atoms. The van der Waals surface area contributed by atoms with E-state index in [1.54, 1.807) is 19.1 Å². The van der Waals surface area contributed by atoms with E-state index in [4.69, 9.17) is 30.5 Å². The molecule has 0 atom stereocenters. The normalized spacial score (nSPS) is 10.9. The molecule has 0 saturated carbocycles. The van der Waals surface area contributed by atoms with E-state index in [0.717, 1.165) is 16.7 Å². The summed E-state index contributed by atoms with van der Waals surface area (Å²) in [5.74, 6) is -0.271. The molecule has 6 aromatic rings. The summed E-state index contributed by atoms with van der Waals surface area (Å²) in [6.45, 7) is 4.19. The molecule has 0 bridgehead atoms. The van der Waals surface area contributed by atoms with Crippen LogP contribution in [-0.4, -0.2) is 27.3 Å². The van der Waals surface area contributed by atoms with Gasteiger partial charge in [0, 0.05) is 12.2 Å². The Hall–Kier alpha value is -3.59. The fourth-order valence-corrected chi connectivity index (χ4v) is 4.88. The molecule has 13 heteroatoms. The number of nitrogens with zero attached hydrogens (tertiary/aromatic N) is 4. The summed E-state index contributed by atoms with van der Waals surface area (Å²) in [5, 5.41) is 3.78. The fraction of sp³-hybridized carbons (Fsp3) is 0.167. The maximum absolute atomic E-state index is 13.2. The van der Waals surface area contributed by atoms with Gasteiger partial charge in [-0.3, -0.25) is 9.72 Å². The van der Waals surface area contributed by atoms with Gasteiger partial charge in [0.15, 0.2) is 12.4 Å². The number of aromatic nitrogens is 4. The number of imidazole rings is 1. The van der Waals surface area contributed by atoms with E-state index in [0.29, 0.717) is 52.8 Å². The number of carbonyl (C=O) groups excluding carboxylic acids is 1. The first-order chi connectivity index (χ1) is 20.4. The van der Waals surface area contributed by atoms with Gasteiger partial charge in [0.25, 0.3) is 6.01 Å². The second kappa shape index (κ2) is 13.4. The third-order valence-corrected chi connectivity index (χ3v) is 6.74. The Morgan fingerprint density at radius 2 is 1.79 bits per heavy atom. The summed E-state index contributed by atoms with van der Waals surface area (Å²) in [6.07, 6.45) is 0. The Bertz CT molecular complexity index is 2020. The standard InChI is InChI=1S/C30H24N4O7S.K/c1-3-37-28-31-23-10-6-9-22(27(35)38-16-24-17(2)39-30(42)40-24)25(23)34(28)15-18-11-13-19(14-12-18)20-7-4-5-8-21(20)26-32-29(36)41-33-26;/h4-14H,3,15-16H2,1-2H3,(H,32,33,36);/q;+1/p-1. The van der Waals surface area contributed by atoms with Gasteiger partial charge in [0.1, 0.15) is 5.76 Å². The van der Waals surface area contributed by atoms with Gasteiger partial charge in [-0.1, -0.05) is 54.6 Å². The quantitative estimate of drug-likeness (QED) is 0.134. The maximum Gasteiger partial charge on any atom is 1.00 e. The van der Waals surface area contributed by atoms with Crippen molar-refractivity contribution >= 4 is 29.2 Å². The first-order valence-electron chi connectivity index (χ1n) is 13.0. The Labute approximate surface area is 292 Å². The summed E-state index contributed by atoms with van der Waals surface area (Å²) >= 11 is 4.91. The minimum Gasteiger partial charge on any atom is -0.465 e. The van der Waals surface area contributed by atoms with E-state index in [1.165, 1.54) is 0 Å². The third kappa shape index (κ3) is 6.51. The van der Waals surface area contributed by atoms with Crippen molar-refractivity contribution in [3.05, 3.63) is 105 Å². The van der Waals surface area contributed by atoms with Crippen LogP contribution in [0.15, 0.2) is 84.9 Å². The van der Waals surface area contributed by atoms with Crippen LogP contribution in [0.5, 0.6) is 6.01 Å². The Morgan fingerprint density at radius 3 is 2.47 bits per heavy atom. The second-order valence-corrected chi connectivity index (χ2v) is 9.56. The molecule has 43 heavy (non-hydrogen) atoms. The number of carbonyl (C=O) groups is 1. The molecule has 0 aliphatic carbocycles. The third-order valence-electron chi connectivity index (χ3n) is 6.58. The van der Waals surface area contributed by atoms with Crippen LogP contribution < -0.4 is 66.9 Å². The van der Waals surface area contributed by atoms with Crippen LogP contribution in [0, 0.1) is 11.8 Å². The monoisotopic (exact) mass is 622 g/mol. The zero-order chi connectivity index (χ0) is 29.2. The molecule has 3 aromatic heterocycles. The zero-order valence-electron chi connectivity index (χ0n) is 23.5. The summed E-state index contributed by atoms with van der Waals surface area (Å²) in [5.41, 5.74) is 4.87. The molecule has 6 rings (SSSR count). The average molecular weight is 623 g/mol. The number of benzene rings is 3. The first kappa shape index (κ1) is 30.9. The molecule has 0 radical (unpaired) electrons. The number of para-hydroxylation sites is 1. The first-order valence-corrected chi connectivity index (χ1v) is 13.4. The van der Waals surface area contributed by atoms with Gasteiger partial charge in [-0.25, -0.2) is 9.59 Å². The summed E-state index contributed by atoms with van der Waals surface area (Å²) in [6, 6.07) is 21.0. The molecule has 0 saturated heterocycles. The molecule has 3 heterocycles. The van der Waals surface area contributed by atoms with Gasteiger partial charge in [0.05, 0.1) is 29.7 Å². The Morgan fingerprint density at radius 1 is 1.02 bits per heavy atom. The topological polar surface area (TPSA) is 137 Å². The zero-order valence-corrected chi connectivity index (χ0v) is 27.5. The summed E-state index contributed by atoms with van der Waals surface area (Å²) in [7, 11) is 0. The predicted octanol–water partition coefficient (Wildman–Crippen LogP) is 2.71. The molecule has 0 unspecified atom stereocenters. The maximum atomic E-state index is 13.2. The molecule has 0 amide bonds. The van der Waals surface area contributed by atoms with E-state index < -0.39 is 11.7 Å². The van der Waals surface area contributed by atoms with Crippen LogP contribution in [0.3, 0.4) is 0 Å². The van der Waals surface area contributed by atoms with Gasteiger partial charge in [-0.15, -0.1) is 0 Å². The van der Waals surface area contributed by atoms with Crippen molar-refractivity contribution in [3.8, 4) is 28.5 Å². The van der Waals surface area contributed by atoms with E-state index in [-0.39, 0.29) is 68.7 Å². The van der Waals surface area contributed by atoms with Crippen molar-refractivity contribution in [3.63, 3.8) is 0 Å². The van der Waals surface area contributed by atoms with E-state index in [1.807, 2.05) is 66.1 Å². The van der Waals surface area contributed by atoms with Crippen LogP contribution in [0.1, 0.15) is 34.4 Å². The number of hydrogen-bond donors (Lipinski definition) is 0. The molecular formula is C30H23KN4O7S. The SMILES string of the molecule is CCOc1nc2cccc(C(=O)OCc3oc(=S)oc3C)c2n1Cc1ccc(-c2ccccc2-c2noc(=O)[n-]2)cc1.[K+]. The van der Waals surface area contributed by atoms with Crippen LogP contribution in [-0.2, 0) is 17.9 Å². The number of esters is 1. The fourth-order valence-electron chi connectivity index (χ4n) is 4.65. The number of rotatable bonds is 9. The van der Waals surface area contributed by atoms with Crippen molar-refractivity contribution in [2.45, 2.75) is 27.0 Å². The number of aryl methyl sites for hydroxylation is 1. The largest absolute Gasteiger partial charge is 1.00 e. The van der Waals surface area contributed by atoms with Gasteiger partial charge < -0.3 is 27.8 Å². The van der Waals surface area contributed by atoms with E-state index >= 15 is 0 Å². The molecular weight excluding hydrogens is 600 g/mol. The minimum absolute atomic E-state index is 0. The summed E-state index contributed by atoms with van der Waals surface area (Å²) < 4.78 is 28.4. The second-order valence-electron chi connectivity index (χ2n) is 9.22. The number of hydrogen-bond acceptors (Lipinski definition) is 10. The molecule has 0 fully saturated rings. The van der Waals surface area contributed by atoms with Crippen LogP contribution >= 0.6 is 12.2 Å². The van der Waals surface area contributed by atoms with Crippen molar-refractivity contribution in [2.75, 3.05) is 6.61 Å². The molecule has 0 N–H and O–H groups in total. The molecule has 0 aliphatic rings. The Balaban J connectivity index is 0.00000368. The summed E-state index contributed by atoms with van der Waals surface area (Å²) in [4.78, 5) is 33.1. The van der Waals surface area contributed by atoms with Crippen LogP contribution in [0.2, 0.25) is 0 Å². The van der Waals surface area contributed by atoms with Crippen LogP contribution in [0.25, 0.3) is 33.5 Å². The smallest absolute Gasteiger partial charge is 0.465 e. The van der Waals surface area contributed by atoms with E-state index in [9.17, 15) is 9.59 Å². The minimum atomic E-state index is -0.742. The van der Waals surface area contributed by atoms with Crippen molar-refractivity contribution in [1.82, 2.24) is 19.7 Å². The van der Waals surface area contributed by atoms with Gasteiger partial charge >= 0.3 is 68.0 Å². The molecule has 3 aromatic carbocycles. The van der Waals surface area contributed by atoms with E-state index in [2.05, 4.69) is 19.6 Å². The molecule has 212 valence electrons. The number of ether oxygens (including phenoxy) is 2. The van der Waals surface area contributed by atoms with Gasteiger partial charge in [0.2, 0.25) is 0 Å². The van der Waals surface area contributed by atoms with Gasteiger partial charge in [-0.2, -0.15) is 4.98 Å². The number of fused-ring (bicyclic) bond motifs is 1. The predicted molar refractivity (Wildman–Crippen MR) is 153 cm³/mol. The van der Waals surface area contributed by atoms with Crippen molar-refractivity contribution in [1.29, 1.82) is 0 Å².